The molecule has 0 radical (unpaired) electrons. The van der Waals surface area contributed by atoms with E-state index in [2.05, 4.69) is 15.4 Å². The lowest BCUT2D eigenvalue weighted by Gasteiger charge is -2.06. The molecule has 0 unspecified atom stereocenters. The lowest BCUT2D eigenvalue weighted by atomic mass is 10.1. The number of nitrogens with one attached hydrogen (secondary N) is 1. The Hall–Kier alpha value is -2.68. The van der Waals surface area contributed by atoms with Crippen molar-refractivity contribution in [2.45, 2.75) is 13.0 Å². The van der Waals surface area contributed by atoms with Crippen LogP contribution in [0, 0.1) is 5.92 Å². The van der Waals surface area contributed by atoms with Crippen LogP contribution in [0.4, 0.5) is 5.69 Å². The maximum atomic E-state index is 12.2. The maximum Gasteiger partial charge on any atom is 0.228 e. The van der Waals surface area contributed by atoms with Gasteiger partial charge in [-0.25, -0.2) is 13.4 Å². The summed E-state index contributed by atoms with van der Waals surface area (Å²) in [6, 6.07) is 5.79. The number of imidazole rings is 1. The van der Waals surface area contributed by atoms with Gasteiger partial charge < -0.3 is 9.72 Å². The summed E-state index contributed by atoms with van der Waals surface area (Å²) in [5, 5.41) is 6.97. The quantitative estimate of drug-likeness (QED) is 0.748. The molecule has 130 valence electrons. The summed E-state index contributed by atoms with van der Waals surface area (Å²) in [5.41, 5.74) is 2.27. The van der Waals surface area contributed by atoms with Crippen LogP contribution in [-0.4, -0.2) is 45.0 Å². The molecule has 4 heterocycles. The SMILES string of the molecule is O=C(Nc1cnn(Cc2cn3ccccc3n2)c1)[C@@H]1CCS(=O)(=O)C1. The molecule has 1 amide bonds. The average Bonchev–Trinajstić information content (AvgIpc) is 3.25. The zero-order valence-electron chi connectivity index (χ0n) is 13.4. The highest BCUT2D eigenvalue weighted by molar-refractivity contribution is 7.91. The minimum absolute atomic E-state index is 0.0752. The van der Waals surface area contributed by atoms with Gasteiger partial charge in [0.25, 0.3) is 0 Å². The molecule has 25 heavy (non-hydrogen) atoms. The molecule has 3 aromatic rings. The average molecular weight is 359 g/mol. The lowest BCUT2D eigenvalue weighted by Crippen LogP contribution is -2.23. The van der Waals surface area contributed by atoms with Crippen LogP contribution in [0.2, 0.25) is 0 Å². The summed E-state index contributed by atoms with van der Waals surface area (Å²) in [4.78, 5) is 16.7. The van der Waals surface area contributed by atoms with Gasteiger partial charge in [-0.05, 0) is 18.6 Å². The summed E-state index contributed by atoms with van der Waals surface area (Å²) in [6.07, 6.45) is 7.50. The summed E-state index contributed by atoms with van der Waals surface area (Å²) >= 11 is 0. The van der Waals surface area contributed by atoms with Crippen molar-refractivity contribution in [3.8, 4) is 0 Å². The number of carbonyl (C=O) groups is 1. The number of hydrogen-bond donors (Lipinski definition) is 1. The molecule has 1 N–H and O–H groups in total. The third-order valence-electron chi connectivity index (χ3n) is 4.24. The summed E-state index contributed by atoms with van der Waals surface area (Å²) < 4.78 is 26.6. The van der Waals surface area contributed by atoms with Crippen LogP contribution in [-0.2, 0) is 21.2 Å². The van der Waals surface area contributed by atoms with Crippen molar-refractivity contribution in [1.82, 2.24) is 19.2 Å². The van der Waals surface area contributed by atoms with Crippen molar-refractivity contribution in [2.24, 2.45) is 5.92 Å². The van der Waals surface area contributed by atoms with Gasteiger partial charge in [0.1, 0.15) is 5.65 Å². The number of rotatable bonds is 4. The zero-order chi connectivity index (χ0) is 17.4. The predicted octanol–water partition coefficient (Wildman–Crippen LogP) is 0.952. The molecular formula is C16H17N5O3S. The van der Waals surface area contributed by atoms with Crippen molar-refractivity contribution in [2.75, 3.05) is 16.8 Å². The van der Waals surface area contributed by atoms with Gasteiger partial charge in [0.05, 0.1) is 41.5 Å². The number of pyridine rings is 1. The van der Waals surface area contributed by atoms with E-state index in [4.69, 9.17) is 0 Å². The Bertz CT molecular complexity index is 1000. The van der Waals surface area contributed by atoms with Crippen LogP contribution in [0.1, 0.15) is 12.1 Å². The fraction of sp³-hybridized carbons (Fsp3) is 0.312. The smallest absolute Gasteiger partial charge is 0.228 e. The van der Waals surface area contributed by atoms with Gasteiger partial charge in [-0.2, -0.15) is 5.10 Å². The van der Waals surface area contributed by atoms with E-state index in [0.717, 1.165) is 11.3 Å². The Morgan fingerprint density at radius 2 is 2.20 bits per heavy atom. The number of hydrogen-bond acceptors (Lipinski definition) is 5. The second kappa shape index (κ2) is 5.99. The molecule has 0 aliphatic carbocycles. The first-order chi connectivity index (χ1) is 12.0. The van der Waals surface area contributed by atoms with Crippen LogP contribution >= 0.6 is 0 Å². The van der Waals surface area contributed by atoms with E-state index >= 15 is 0 Å². The van der Waals surface area contributed by atoms with Gasteiger partial charge in [-0.15, -0.1) is 0 Å². The zero-order valence-corrected chi connectivity index (χ0v) is 14.2. The monoisotopic (exact) mass is 359 g/mol. The Labute approximate surface area is 144 Å². The van der Waals surface area contributed by atoms with E-state index in [1.54, 1.807) is 17.1 Å². The van der Waals surface area contributed by atoms with Crippen LogP contribution in [0.25, 0.3) is 5.65 Å². The van der Waals surface area contributed by atoms with Crippen LogP contribution in [0.3, 0.4) is 0 Å². The molecule has 9 heteroatoms. The standard InChI is InChI=1S/C16H17N5O3S/c22-16(12-4-6-25(23,24)11-12)19-13-7-17-21(9-13)10-14-8-20-5-2-1-3-15(20)18-14/h1-3,5,7-9,12H,4,6,10-11H2,(H,19,22)/t12-/m1/s1. The van der Waals surface area contributed by atoms with Crippen LogP contribution < -0.4 is 5.32 Å². The maximum absolute atomic E-state index is 12.2. The molecule has 0 bridgehead atoms. The molecular weight excluding hydrogens is 342 g/mol. The van der Waals surface area contributed by atoms with Crippen molar-refractivity contribution < 1.29 is 13.2 Å². The van der Waals surface area contributed by atoms with E-state index < -0.39 is 15.8 Å². The van der Waals surface area contributed by atoms with Gasteiger partial charge >= 0.3 is 0 Å². The molecule has 0 spiro atoms. The molecule has 1 atom stereocenters. The van der Waals surface area contributed by atoms with E-state index in [9.17, 15) is 13.2 Å². The first-order valence-electron chi connectivity index (χ1n) is 7.95. The second-order valence-electron chi connectivity index (χ2n) is 6.21. The Morgan fingerprint density at radius 1 is 1.32 bits per heavy atom. The number of fused-ring (bicyclic) bond motifs is 1. The number of anilines is 1. The van der Waals surface area contributed by atoms with Crippen molar-refractivity contribution >= 4 is 27.1 Å². The number of nitrogens with zero attached hydrogens (tertiary/aromatic N) is 4. The van der Waals surface area contributed by atoms with Crippen molar-refractivity contribution in [1.29, 1.82) is 0 Å². The number of sulfone groups is 1. The Morgan fingerprint density at radius 3 is 2.96 bits per heavy atom. The van der Waals surface area contributed by atoms with Gasteiger partial charge in [-0.1, -0.05) is 6.07 Å². The molecule has 1 saturated heterocycles. The third kappa shape index (κ3) is 3.41. The molecule has 8 nitrogen and oxygen atoms in total. The van der Waals surface area contributed by atoms with E-state index in [1.807, 2.05) is 35.0 Å². The fourth-order valence-electron chi connectivity index (χ4n) is 2.99. The van der Waals surface area contributed by atoms with Gasteiger partial charge in [-0.3, -0.25) is 9.48 Å². The number of aromatic nitrogens is 4. The molecule has 4 rings (SSSR count). The minimum atomic E-state index is -3.07. The lowest BCUT2D eigenvalue weighted by molar-refractivity contribution is -0.119. The predicted molar refractivity (Wildman–Crippen MR) is 91.9 cm³/mol. The highest BCUT2D eigenvalue weighted by atomic mass is 32.2. The van der Waals surface area contributed by atoms with E-state index in [1.165, 1.54) is 0 Å². The third-order valence-corrected chi connectivity index (χ3v) is 6.01. The van der Waals surface area contributed by atoms with Gasteiger partial charge in [0.2, 0.25) is 5.91 Å². The molecule has 1 fully saturated rings. The fourth-order valence-corrected chi connectivity index (χ4v) is 4.73. The molecule has 3 aromatic heterocycles. The number of carbonyl (C=O) groups excluding carboxylic acids is 1. The van der Waals surface area contributed by atoms with Gasteiger partial charge in [0, 0.05) is 18.6 Å². The van der Waals surface area contributed by atoms with E-state index in [0.29, 0.717) is 18.7 Å². The summed E-state index contributed by atoms with van der Waals surface area (Å²) in [6.45, 7) is 0.482. The van der Waals surface area contributed by atoms with Crippen LogP contribution in [0.15, 0.2) is 43.0 Å². The first kappa shape index (κ1) is 15.8. The molecule has 1 aliphatic rings. The Balaban J connectivity index is 1.42. The van der Waals surface area contributed by atoms with Crippen molar-refractivity contribution in [3.05, 3.63) is 48.7 Å². The summed E-state index contributed by atoms with van der Waals surface area (Å²) in [5.74, 6) is -0.743. The summed E-state index contributed by atoms with van der Waals surface area (Å²) in [7, 11) is -3.07. The van der Waals surface area contributed by atoms with Gasteiger partial charge in [0.15, 0.2) is 9.84 Å². The minimum Gasteiger partial charge on any atom is -0.323 e. The highest BCUT2D eigenvalue weighted by Gasteiger charge is 2.33. The van der Waals surface area contributed by atoms with Crippen molar-refractivity contribution in [3.63, 3.8) is 0 Å². The van der Waals surface area contributed by atoms with Crippen LogP contribution in [0.5, 0.6) is 0 Å². The second-order valence-corrected chi connectivity index (χ2v) is 8.44. The Kier molecular flexibility index (Phi) is 3.79. The molecule has 0 saturated carbocycles. The highest BCUT2D eigenvalue weighted by Crippen LogP contribution is 2.20. The largest absolute Gasteiger partial charge is 0.323 e. The first-order valence-corrected chi connectivity index (χ1v) is 9.77. The molecule has 0 aromatic carbocycles. The van der Waals surface area contributed by atoms with E-state index in [-0.39, 0.29) is 17.4 Å². The topological polar surface area (TPSA) is 98.4 Å². The molecule has 1 aliphatic heterocycles. The normalized spacial score (nSPS) is 19.3. The number of amides is 1.